The molecule has 9 rings (SSSR count). The summed E-state index contributed by atoms with van der Waals surface area (Å²) < 4.78 is 1.33. The number of nitrogens with zero attached hydrogens (tertiary/aromatic N) is 4. The van der Waals surface area contributed by atoms with Crippen LogP contribution in [0.2, 0.25) is 0 Å². The van der Waals surface area contributed by atoms with Crippen LogP contribution >= 0.6 is 90.4 Å². The van der Waals surface area contributed by atoms with Crippen LogP contribution in [0.1, 0.15) is 315 Å². The maximum Gasteiger partial charge on any atom is 0.255 e. The third-order valence-electron chi connectivity index (χ3n) is 19.7. The number of aromatic amines is 2. The number of aliphatic hydroxyl groups is 1. The molecule has 4 N–H and O–H groups in total. The van der Waals surface area contributed by atoms with Gasteiger partial charge in [-0.1, -0.05) is 110 Å². The molecule has 4 unspecified atom stereocenters. The average Bonchev–Trinajstić information content (AvgIpc) is 1.62. The van der Waals surface area contributed by atoms with E-state index in [9.17, 15) is 19.8 Å². The van der Waals surface area contributed by atoms with Crippen molar-refractivity contribution in [2.24, 2.45) is 0 Å². The number of aromatic hydroxyl groups is 1. The Morgan fingerprint density at radius 2 is 0.694 bits per heavy atom. The van der Waals surface area contributed by atoms with E-state index in [4.69, 9.17) is 0 Å². The van der Waals surface area contributed by atoms with Crippen LogP contribution in [0.15, 0.2) is 26.3 Å². The first kappa shape index (κ1) is 109. The van der Waals surface area contributed by atoms with Crippen LogP contribution in [0.25, 0.3) is 16.9 Å². The van der Waals surface area contributed by atoms with Crippen LogP contribution in [0, 0.1) is 143 Å². The van der Waals surface area contributed by atoms with Gasteiger partial charge < -0.3 is 42.8 Å². The van der Waals surface area contributed by atoms with Crippen molar-refractivity contribution in [2.75, 3.05) is 0 Å². The number of aryl methyl sites for hydroxylation is 10. The zero-order chi connectivity index (χ0) is 71.0. The first-order valence-corrected chi connectivity index (χ1v) is 36.6. The van der Waals surface area contributed by atoms with Crippen LogP contribution in [-0.4, -0.2) is 40.1 Å². The van der Waals surface area contributed by atoms with Gasteiger partial charge in [-0.3, -0.25) is 102 Å². The van der Waals surface area contributed by atoms with Crippen LogP contribution in [0.3, 0.4) is 0 Å². The summed E-state index contributed by atoms with van der Waals surface area (Å²) in [6.07, 6.45) is 3.84. The number of nitrogens with one attached hydrogen (secondary N) is 2. The Labute approximate surface area is 678 Å². The summed E-state index contributed by atoms with van der Waals surface area (Å²) in [5.74, 6) is 2.47. The topological polar surface area (TPSA) is 158 Å². The molecule has 0 amide bonds. The molecule has 6 heterocycles. The molecule has 4 atom stereocenters. The second-order valence-electron chi connectivity index (χ2n) is 25.0. The second kappa shape index (κ2) is 49.2. The quantitative estimate of drug-likeness (QED) is 0.101. The van der Waals surface area contributed by atoms with E-state index >= 15 is 0 Å². The standard InChI is InChI=1S/C14H19N.2C13H17NO.C13H21N.C10H15N.C8H11NO2.C4H10.CI3.CH2I.5CH4.2V/c1-7-8(2)13-10(4)11(5)15-12(6)14(13)9(7)3;1-6-7(2)13(15)12-10(5)14-9(4)8(3)11(6)12;1-6-7(2)11-9(4)10(5)14-13(15)12(11)8(6)3;1-7-8(2)13-9(3)11(5)14-12(6)10(13)4;1-6-7(2)9(4)11-10(5)8(6)3;1-4-6(3)9-8(11)5(2)7(4)10;1-3-4-2;2-1(3)4;1-2;;;;;;;/h8H,1-6H3;6,15H,1-5H3;7H,1-5H3,(H,14,15);8H,7H2,1-6H3;1-5H3;1-3H3,(H2,9,10,11);3-4H2,1-2H3;;1H2;5*1H4;;/q;;;;;;;2*-1;;;;;;;. The largest absolute Gasteiger partial charge is 0.507 e. The van der Waals surface area contributed by atoms with Gasteiger partial charge in [0.1, 0.15) is 11.5 Å². The Bertz CT molecular complexity index is 3640. The number of unbranched alkanes of at least 4 members (excludes halogenated alkanes) is 1. The molecule has 10 nitrogen and oxygen atoms in total. The van der Waals surface area contributed by atoms with Gasteiger partial charge in [-0.05, 0) is 269 Å². The normalized spacial score (nSPS) is 13.9. The van der Waals surface area contributed by atoms with Gasteiger partial charge in [0.25, 0.3) is 11.1 Å². The summed E-state index contributed by atoms with van der Waals surface area (Å²) in [7, 11) is 0. The molecule has 98 heavy (non-hydrogen) atoms. The van der Waals surface area contributed by atoms with E-state index in [-0.39, 0.29) is 91.1 Å². The molecule has 2 radical (unpaired) electrons. The first-order chi connectivity index (χ1) is 42.0. The SMILES string of the molecule is C.C.C.C.C.CC1=C(C)C(C)c2c(C)c(C)[nH]c(=O)c21.CC1=C(C)C(C)c2c(C)c(C)nc(C)c21.CC1=C(O)c2c(C)nc(C)c(C)c2C1C.CCC(C)c1c(C)c(C)nc(C)c1C.CCCC.Cc1[nH]c(=O)c(C)c(O)c1C.Cc1nc(C)c(C)c(C)c1C.I[C-](I)I.[CH2-]I.[V].[V]. The molecule has 0 bridgehead atoms. The summed E-state index contributed by atoms with van der Waals surface area (Å²) in [5, 5.41) is 19.4. The van der Waals surface area contributed by atoms with Crippen LogP contribution < -0.4 is 11.1 Å². The summed E-state index contributed by atoms with van der Waals surface area (Å²) >= 11 is 8.60. The van der Waals surface area contributed by atoms with Gasteiger partial charge in [0, 0.05) is 134 Å². The van der Waals surface area contributed by atoms with Crippen molar-refractivity contribution in [3.05, 3.63) is 194 Å². The van der Waals surface area contributed by atoms with Gasteiger partial charge in [-0.2, -0.15) is 0 Å². The predicted molar refractivity (Wildman–Crippen MR) is 462 cm³/mol. The number of fused-ring (bicyclic) bond motifs is 3. The number of hydrogen-bond acceptors (Lipinski definition) is 8. The van der Waals surface area contributed by atoms with Gasteiger partial charge in [-0.25, -0.2) is 0 Å². The number of allylic oxidation sites excluding steroid dienone is 5. The fourth-order valence-corrected chi connectivity index (χ4v) is 11.8. The maximum absolute atomic E-state index is 11.9. The first-order valence-electron chi connectivity index (χ1n) is 31.8. The van der Waals surface area contributed by atoms with Gasteiger partial charge in [0.05, 0.1) is 5.56 Å². The summed E-state index contributed by atoms with van der Waals surface area (Å²) in [5.41, 5.74) is 37.6. The number of aromatic nitrogens is 6. The van der Waals surface area contributed by atoms with E-state index in [0.717, 1.165) is 62.0 Å². The van der Waals surface area contributed by atoms with Crippen molar-refractivity contribution in [1.82, 2.24) is 29.9 Å². The minimum Gasteiger partial charge on any atom is -0.507 e. The number of halogens is 4. The maximum atomic E-state index is 11.9. The molecule has 0 aliphatic heterocycles. The molecule has 0 spiro atoms. The number of pyridine rings is 6. The molecule has 6 aromatic rings. The molecule has 0 aromatic carbocycles. The Kier molecular flexibility index (Phi) is 54.6. The van der Waals surface area contributed by atoms with Crippen molar-refractivity contribution < 1.29 is 47.3 Å². The summed E-state index contributed by atoms with van der Waals surface area (Å²) in [4.78, 5) is 49.7. The molecule has 16 heteroatoms. The van der Waals surface area contributed by atoms with E-state index < -0.39 is 0 Å². The van der Waals surface area contributed by atoms with Gasteiger partial charge >= 0.3 is 0 Å². The number of rotatable bonds is 3. The Hall–Kier alpha value is -2.59. The molecule has 0 saturated heterocycles. The molecule has 3 aliphatic rings. The summed E-state index contributed by atoms with van der Waals surface area (Å²) in [6.45, 7) is 67.0. The van der Waals surface area contributed by atoms with E-state index in [1.165, 1.54) is 131 Å². The summed E-state index contributed by atoms with van der Waals surface area (Å²) in [6, 6.07) is 0. The molecular formula is C82H132I4N6O4V2-2. The van der Waals surface area contributed by atoms with Crippen molar-refractivity contribution in [3.63, 3.8) is 0 Å². The monoisotopic (exact) mass is 1870 g/mol. The zero-order valence-corrected chi connectivity index (χ0v) is 74.0. The van der Waals surface area contributed by atoms with Crippen LogP contribution in [0.4, 0.5) is 0 Å². The Balaban J connectivity index is -0.000000195. The smallest absolute Gasteiger partial charge is 0.255 e. The minimum atomic E-state index is -0.217. The van der Waals surface area contributed by atoms with Gasteiger partial charge in [0.15, 0.2) is 0 Å². The number of aliphatic hydroxyl groups excluding tert-OH is 1. The molecule has 0 fully saturated rings. The molecule has 3 aliphatic carbocycles. The van der Waals surface area contributed by atoms with Crippen LogP contribution in [-0.2, 0) is 37.1 Å². The van der Waals surface area contributed by atoms with Gasteiger partial charge in [0.2, 0.25) is 0 Å². The zero-order valence-electron chi connectivity index (χ0n) is 62.5. The van der Waals surface area contributed by atoms with E-state index in [1.807, 2.05) is 57.2 Å². The third kappa shape index (κ3) is 26.8. The van der Waals surface area contributed by atoms with Crippen molar-refractivity contribution >= 4 is 107 Å². The minimum absolute atomic E-state index is 0. The van der Waals surface area contributed by atoms with Crippen molar-refractivity contribution in [2.45, 2.75) is 302 Å². The van der Waals surface area contributed by atoms with Crippen molar-refractivity contribution in [3.8, 4) is 5.75 Å². The van der Waals surface area contributed by atoms with Crippen molar-refractivity contribution in [1.29, 1.82) is 0 Å². The van der Waals surface area contributed by atoms with Crippen LogP contribution in [0.5, 0.6) is 5.75 Å². The van der Waals surface area contributed by atoms with E-state index in [1.54, 1.807) is 20.8 Å². The molecule has 6 aromatic heterocycles. The van der Waals surface area contributed by atoms with E-state index in [2.05, 4.69) is 269 Å². The fourth-order valence-electron chi connectivity index (χ4n) is 11.8. The Morgan fingerprint density at radius 1 is 0.408 bits per heavy atom. The third-order valence-corrected chi connectivity index (χ3v) is 19.7. The number of H-pyrrole nitrogens is 2. The average molecular weight is 1880 g/mol. The predicted octanol–water partition coefficient (Wildman–Crippen LogP) is 26.6. The fraction of sp³-hybridized carbons (Fsp3) is 0.537. The second-order valence-corrected chi connectivity index (χ2v) is 34.4. The molecular weight excluding hydrogens is 1740 g/mol. The molecule has 554 valence electrons. The number of hydrogen-bond donors (Lipinski definition) is 4. The Morgan fingerprint density at radius 3 is 1.06 bits per heavy atom. The van der Waals surface area contributed by atoms with E-state index in [0.29, 0.717) is 35.0 Å². The van der Waals surface area contributed by atoms with Gasteiger partial charge in [-0.15, -0.1) is -0.0619 Å². The molecule has 0 saturated carbocycles.